The molecular weight excluding hydrogens is 268 g/mol. The second-order valence-electron chi connectivity index (χ2n) is 3.64. The fourth-order valence-electron chi connectivity index (χ4n) is 1.43. The van der Waals surface area contributed by atoms with Gasteiger partial charge in [-0.2, -0.15) is 0 Å². The molecule has 0 unspecified atom stereocenters. The van der Waals surface area contributed by atoms with Crippen molar-refractivity contribution >= 4 is 29.0 Å². The molecule has 19 heavy (non-hydrogen) atoms. The number of benzene rings is 1. The van der Waals surface area contributed by atoms with Crippen molar-refractivity contribution in [3.63, 3.8) is 0 Å². The smallest absolute Gasteiger partial charge is 0.276 e. The van der Waals surface area contributed by atoms with Crippen molar-refractivity contribution in [1.82, 2.24) is 10.2 Å². The van der Waals surface area contributed by atoms with E-state index in [1.807, 2.05) is 0 Å². The van der Waals surface area contributed by atoms with Crippen molar-refractivity contribution in [3.8, 4) is 5.75 Å². The third-order valence-corrected chi connectivity index (χ3v) is 2.56. The van der Waals surface area contributed by atoms with Crippen LogP contribution in [0, 0.1) is 0 Å². The quantitative estimate of drug-likeness (QED) is 0.896. The molecule has 3 N–H and O–H groups in total. The van der Waals surface area contributed by atoms with E-state index < -0.39 is 5.91 Å². The van der Waals surface area contributed by atoms with E-state index in [1.54, 1.807) is 18.2 Å². The molecule has 98 valence electrons. The Labute approximate surface area is 114 Å². The Morgan fingerprint density at radius 3 is 2.74 bits per heavy atom. The number of carbonyl (C=O) groups is 1. The van der Waals surface area contributed by atoms with Gasteiger partial charge in [0.05, 0.1) is 12.8 Å². The highest BCUT2D eigenvalue weighted by Gasteiger charge is 2.11. The normalized spacial score (nSPS) is 10.0. The van der Waals surface area contributed by atoms with E-state index in [0.717, 1.165) is 0 Å². The van der Waals surface area contributed by atoms with E-state index in [4.69, 9.17) is 22.1 Å². The number of nitrogen functional groups attached to an aromatic ring is 1. The van der Waals surface area contributed by atoms with Crippen LogP contribution in [-0.2, 0) is 0 Å². The molecule has 0 bridgehead atoms. The van der Waals surface area contributed by atoms with Gasteiger partial charge in [-0.1, -0.05) is 11.6 Å². The predicted molar refractivity (Wildman–Crippen MR) is 72.4 cm³/mol. The molecule has 7 heteroatoms. The summed E-state index contributed by atoms with van der Waals surface area (Å²) in [6.45, 7) is 0. The Morgan fingerprint density at radius 2 is 2.11 bits per heavy atom. The molecule has 0 atom stereocenters. The maximum Gasteiger partial charge on any atom is 0.276 e. The molecule has 1 heterocycles. The molecule has 1 amide bonds. The van der Waals surface area contributed by atoms with Crippen molar-refractivity contribution in [2.24, 2.45) is 0 Å². The van der Waals surface area contributed by atoms with E-state index in [9.17, 15) is 4.79 Å². The summed E-state index contributed by atoms with van der Waals surface area (Å²) >= 11 is 5.87. The van der Waals surface area contributed by atoms with Gasteiger partial charge in [0.15, 0.2) is 5.69 Å². The molecular formula is C12H11ClN4O2. The minimum atomic E-state index is -0.423. The molecule has 0 saturated carbocycles. The number of ether oxygens (including phenoxy) is 1. The van der Waals surface area contributed by atoms with Crippen LogP contribution in [0.15, 0.2) is 30.3 Å². The van der Waals surface area contributed by atoms with Crippen LogP contribution in [0.4, 0.5) is 11.5 Å². The van der Waals surface area contributed by atoms with Gasteiger partial charge in [-0.05, 0) is 30.3 Å². The number of hydrogen-bond donors (Lipinski definition) is 2. The predicted octanol–water partition coefficient (Wildman–Crippen LogP) is 1.97. The van der Waals surface area contributed by atoms with Gasteiger partial charge in [0, 0.05) is 5.02 Å². The van der Waals surface area contributed by atoms with E-state index in [1.165, 1.54) is 19.2 Å². The molecule has 6 nitrogen and oxygen atoms in total. The largest absolute Gasteiger partial charge is 0.495 e. The molecule has 0 radical (unpaired) electrons. The summed E-state index contributed by atoms with van der Waals surface area (Å²) in [4.78, 5) is 12.0. The molecule has 1 aromatic carbocycles. The first-order valence-corrected chi connectivity index (χ1v) is 5.72. The summed E-state index contributed by atoms with van der Waals surface area (Å²) in [6.07, 6.45) is 0. The average molecular weight is 279 g/mol. The zero-order valence-electron chi connectivity index (χ0n) is 10.1. The van der Waals surface area contributed by atoms with Crippen LogP contribution in [0.2, 0.25) is 5.02 Å². The number of carbonyl (C=O) groups excluding carboxylic acids is 1. The first-order valence-electron chi connectivity index (χ1n) is 5.34. The van der Waals surface area contributed by atoms with Gasteiger partial charge < -0.3 is 15.8 Å². The van der Waals surface area contributed by atoms with E-state index in [-0.39, 0.29) is 11.5 Å². The molecule has 0 spiro atoms. The van der Waals surface area contributed by atoms with E-state index in [0.29, 0.717) is 16.5 Å². The number of nitrogens with two attached hydrogens (primary N) is 1. The molecule has 0 fully saturated rings. The fourth-order valence-corrected chi connectivity index (χ4v) is 1.60. The lowest BCUT2D eigenvalue weighted by Crippen LogP contribution is -2.15. The maximum atomic E-state index is 12.0. The summed E-state index contributed by atoms with van der Waals surface area (Å²) < 4.78 is 5.13. The highest BCUT2D eigenvalue weighted by molar-refractivity contribution is 6.31. The second kappa shape index (κ2) is 5.53. The van der Waals surface area contributed by atoms with Crippen molar-refractivity contribution in [1.29, 1.82) is 0 Å². The van der Waals surface area contributed by atoms with Crippen LogP contribution < -0.4 is 15.8 Å². The number of aromatic nitrogens is 2. The van der Waals surface area contributed by atoms with Crippen molar-refractivity contribution in [2.75, 3.05) is 18.2 Å². The number of anilines is 2. The Bertz CT molecular complexity index is 601. The van der Waals surface area contributed by atoms with Crippen LogP contribution in [0.25, 0.3) is 0 Å². The van der Waals surface area contributed by atoms with Gasteiger partial charge in [0.1, 0.15) is 11.6 Å². The Kier molecular flexibility index (Phi) is 3.82. The van der Waals surface area contributed by atoms with Gasteiger partial charge in [0.2, 0.25) is 0 Å². The standard InChI is InChI=1S/C12H11ClN4O2/c1-19-10-4-2-7(13)6-9(10)15-12(18)8-3-5-11(14)17-16-8/h2-6H,1H3,(H2,14,17)(H,15,18). The van der Waals surface area contributed by atoms with E-state index >= 15 is 0 Å². The highest BCUT2D eigenvalue weighted by atomic mass is 35.5. The number of hydrogen-bond acceptors (Lipinski definition) is 5. The minimum Gasteiger partial charge on any atom is -0.495 e. The molecule has 0 saturated heterocycles. The topological polar surface area (TPSA) is 90.1 Å². The number of methoxy groups -OCH3 is 1. The van der Waals surface area contributed by atoms with Gasteiger partial charge in [0.25, 0.3) is 5.91 Å². The third kappa shape index (κ3) is 3.11. The summed E-state index contributed by atoms with van der Waals surface area (Å²) in [5.41, 5.74) is 6.01. The highest BCUT2D eigenvalue weighted by Crippen LogP contribution is 2.27. The number of nitrogens with zero attached hydrogens (tertiary/aromatic N) is 2. The molecule has 2 aromatic rings. The molecule has 0 aliphatic carbocycles. The summed E-state index contributed by atoms with van der Waals surface area (Å²) in [7, 11) is 1.50. The monoisotopic (exact) mass is 278 g/mol. The van der Waals surface area contributed by atoms with Gasteiger partial charge in [-0.3, -0.25) is 4.79 Å². The van der Waals surface area contributed by atoms with Crippen LogP contribution in [0.5, 0.6) is 5.75 Å². The van der Waals surface area contributed by atoms with Crippen LogP contribution in [0.1, 0.15) is 10.5 Å². The van der Waals surface area contributed by atoms with Crippen LogP contribution >= 0.6 is 11.6 Å². The summed E-state index contributed by atoms with van der Waals surface area (Å²) in [5, 5.41) is 10.4. The molecule has 0 aliphatic rings. The first kappa shape index (κ1) is 13.1. The van der Waals surface area contributed by atoms with Crippen LogP contribution in [-0.4, -0.2) is 23.2 Å². The minimum absolute atomic E-state index is 0.149. The lowest BCUT2D eigenvalue weighted by molar-refractivity contribution is 0.102. The lowest BCUT2D eigenvalue weighted by atomic mass is 10.2. The average Bonchev–Trinajstić information content (AvgIpc) is 2.39. The van der Waals surface area contributed by atoms with Crippen molar-refractivity contribution in [2.45, 2.75) is 0 Å². The second-order valence-corrected chi connectivity index (χ2v) is 4.08. The number of rotatable bonds is 3. The van der Waals surface area contributed by atoms with Crippen molar-refractivity contribution in [3.05, 3.63) is 41.0 Å². The van der Waals surface area contributed by atoms with Crippen molar-refractivity contribution < 1.29 is 9.53 Å². The van der Waals surface area contributed by atoms with Gasteiger partial charge >= 0.3 is 0 Å². The van der Waals surface area contributed by atoms with Crippen LogP contribution in [0.3, 0.4) is 0 Å². The van der Waals surface area contributed by atoms with E-state index in [2.05, 4.69) is 15.5 Å². The first-order chi connectivity index (χ1) is 9.10. The number of nitrogens with one attached hydrogen (secondary N) is 1. The zero-order valence-corrected chi connectivity index (χ0v) is 10.8. The Hall–Kier alpha value is -2.34. The Morgan fingerprint density at radius 1 is 1.32 bits per heavy atom. The summed E-state index contributed by atoms with van der Waals surface area (Å²) in [5.74, 6) is 0.325. The van der Waals surface area contributed by atoms with Gasteiger partial charge in [-0.15, -0.1) is 10.2 Å². The third-order valence-electron chi connectivity index (χ3n) is 2.33. The summed E-state index contributed by atoms with van der Waals surface area (Å²) in [6, 6.07) is 7.89. The fraction of sp³-hybridized carbons (Fsp3) is 0.0833. The lowest BCUT2D eigenvalue weighted by Gasteiger charge is -2.09. The zero-order chi connectivity index (χ0) is 13.8. The SMILES string of the molecule is COc1ccc(Cl)cc1NC(=O)c1ccc(N)nn1. The molecule has 0 aliphatic heterocycles. The number of amides is 1. The van der Waals surface area contributed by atoms with Gasteiger partial charge in [-0.25, -0.2) is 0 Å². The molecule has 1 aromatic heterocycles. The number of halogens is 1. The maximum absolute atomic E-state index is 12.0. The molecule has 2 rings (SSSR count). The Balaban J connectivity index is 2.23.